The Hall–Kier alpha value is -3.48. The quantitative estimate of drug-likeness (QED) is 0.651. The topological polar surface area (TPSA) is 90.3 Å². The lowest BCUT2D eigenvalue weighted by atomic mass is 10.0. The third-order valence-corrected chi connectivity index (χ3v) is 4.55. The molecule has 0 aliphatic carbocycles. The van der Waals surface area contributed by atoms with Crippen LogP contribution in [0, 0.1) is 5.92 Å². The molecule has 0 fully saturated rings. The monoisotopic (exact) mass is 393 g/mol. The molecule has 1 heterocycles. The van der Waals surface area contributed by atoms with E-state index in [4.69, 9.17) is 4.74 Å². The summed E-state index contributed by atoms with van der Waals surface area (Å²) in [7, 11) is 1.29. The zero-order valence-electron chi connectivity index (χ0n) is 16.6. The average molecular weight is 393 g/mol. The maximum atomic E-state index is 12.8. The molecule has 0 bridgehead atoms. The van der Waals surface area contributed by atoms with Crippen LogP contribution in [0.4, 0.5) is 0 Å². The summed E-state index contributed by atoms with van der Waals surface area (Å²) in [5, 5.41) is 3.21. The summed E-state index contributed by atoms with van der Waals surface area (Å²) >= 11 is 0. The van der Waals surface area contributed by atoms with Crippen LogP contribution in [0.2, 0.25) is 0 Å². The largest absolute Gasteiger partial charge is 0.467 e. The Morgan fingerprint density at radius 3 is 2.62 bits per heavy atom. The lowest BCUT2D eigenvalue weighted by Crippen LogP contribution is -2.42. The molecule has 150 valence electrons. The number of hydrogen-bond donors (Lipinski definition) is 1. The third kappa shape index (κ3) is 4.51. The second-order valence-corrected chi connectivity index (χ2v) is 7.17. The minimum atomic E-state index is -0.735. The smallest absolute Gasteiger partial charge is 0.328 e. The number of benzene rings is 2. The number of rotatable bonds is 6. The first kappa shape index (κ1) is 20.3. The van der Waals surface area contributed by atoms with E-state index < -0.39 is 17.9 Å². The van der Waals surface area contributed by atoms with E-state index in [9.17, 15) is 14.4 Å². The number of esters is 1. The summed E-state index contributed by atoms with van der Waals surface area (Å²) in [6, 6.07) is 13.0. The number of nitrogens with zero attached hydrogens (tertiary/aromatic N) is 2. The van der Waals surface area contributed by atoms with Crippen molar-refractivity contribution in [2.75, 3.05) is 7.11 Å². The molecule has 0 saturated carbocycles. The Labute approximate surface area is 168 Å². The number of carbonyl (C=O) groups is 2. The van der Waals surface area contributed by atoms with Gasteiger partial charge in [0.05, 0.1) is 23.7 Å². The van der Waals surface area contributed by atoms with Crippen LogP contribution in [0.3, 0.4) is 0 Å². The predicted molar refractivity (Wildman–Crippen MR) is 110 cm³/mol. The van der Waals surface area contributed by atoms with Gasteiger partial charge in [-0.1, -0.05) is 32.0 Å². The number of nitrogens with one attached hydrogen (secondary N) is 1. The third-order valence-electron chi connectivity index (χ3n) is 4.55. The van der Waals surface area contributed by atoms with Gasteiger partial charge in [0.25, 0.3) is 11.5 Å². The normalized spacial score (nSPS) is 12.0. The van der Waals surface area contributed by atoms with Gasteiger partial charge in [0.1, 0.15) is 12.4 Å². The number of carbonyl (C=O) groups excluding carboxylic acids is 2. The Balaban J connectivity index is 1.91. The van der Waals surface area contributed by atoms with E-state index in [1.165, 1.54) is 18.0 Å². The van der Waals surface area contributed by atoms with E-state index in [-0.39, 0.29) is 11.5 Å². The van der Waals surface area contributed by atoms with Crippen LogP contribution in [0.25, 0.3) is 16.6 Å². The lowest BCUT2D eigenvalue weighted by molar-refractivity contribution is -0.143. The van der Waals surface area contributed by atoms with Crippen molar-refractivity contribution in [2.45, 2.75) is 26.3 Å². The molecule has 1 aromatic heterocycles. The summed E-state index contributed by atoms with van der Waals surface area (Å²) in [6.07, 6.45) is 1.91. The van der Waals surface area contributed by atoms with Crippen molar-refractivity contribution in [1.82, 2.24) is 14.9 Å². The highest BCUT2D eigenvalue weighted by atomic mass is 16.5. The van der Waals surface area contributed by atoms with Gasteiger partial charge >= 0.3 is 5.97 Å². The van der Waals surface area contributed by atoms with Gasteiger partial charge in [-0.2, -0.15) is 0 Å². The second kappa shape index (κ2) is 8.68. The van der Waals surface area contributed by atoms with Crippen LogP contribution < -0.4 is 10.9 Å². The van der Waals surface area contributed by atoms with E-state index >= 15 is 0 Å². The maximum absolute atomic E-state index is 12.8. The molecule has 2 aromatic carbocycles. The van der Waals surface area contributed by atoms with E-state index in [2.05, 4.69) is 10.3 Å². The van der Waals surface area contributed by atoms with Crippen LogP contribution in [-0.4, -0.2) is 34.6 Å². The number of ether oxygens (including phenoxy) is 1. The minimum absolute atomic E-state index is 0.202. The highest BCUT2D eigenvalue weighted by Gasteiger charge is 2.23. The van der Waals surface area contributed by atoms with Gasteiger partial charge in [-0.15, -0.1) is 0 Å². The first-order valence-electron chi connectivity index (χ1n) is 9.36. The first-order valence-corrected chi connectivity index (χ1v) is 9.36. The zero-order valence-corrected chi connectivity index (χ0v) is 16.6. The summed E-state index contributed by atoms with van der Waals surface area (Å²) < 4.78 is 6.19. The van der Waals surface area contributed by atoms with Crippen LogP contribution in [0.5, 0.6) is 0 Å². The summed E-state index contributed by atoms with van der Waals surface area (Å²) in [6.45, 7) is 3.92. The molecule has 0 spiro atoms. The first-order chi connectivity index (χ1) is 13.9. The van der Waals surface area contributed by atoms with Crippen LogP contribution in [-0.2, 0) is 9.53 Å². The average Bonchev–Trinajstić information content (AvgIpc) is 2.73. The fourth-order valence-electron chi connectivity index (χ4n) is 3.12. The Bertz CT molecular complexity index is 1100. The van der Waals surface area contributed by atoms with E-state index in [1.54, 1.807) is 42.5 Å². The molecule has 3 aromatic rings. The van der Waals surface area contributed by atoms with Crippen molar-refractivity contribution in [2.24, 2.45) is 5.92 Å². The fourth-order valence-corrected chi connectivity index (χ4v) is 3.12. The van der Waals surface area contributed by atoms with Crippen LogP contribution in [0.15, 0.2) is 59.7 Å². The standard InChI is InChI=1S/C22H23N3O4/c1-14(2)11-19(22(28)29-3)24-20(26)15-7-6-8-16(12-15)25-13-23-18-10-5-4-9-17(18)21(25)27/h4-10,12-14,19H,11H2,1-3H3,(H,24,26)/t19-/m0/s1. The Morgan fingerprint density at radius 1 is 1.14 bits per heavy atom. The number of para-hydroxylation sites is 1. The number of aromatic nitrogens is 2. The predicted octanol–water partition coefficient (Wildman–Crippen LogP) is 2.70. The zero-order chi connectivity index (χ0) is 21.0. The highest BCUT2D eigenvalue weighted by Crippen LogP contribution is 2.13. The fraction of sp³-hybridized carbons (Fsp3) is 0.273. The van der Waals surface area contributed by atoms with Gasteiger partial charge in [0.2, 0.25) is 0 Å². The van der Waals surface area contributed by atoms with Crippen molar-refractivity contribution >= 4 is 22.8 Å². The summed E-state index contributed by atoms with van der Waals surface area (Å²) in [5.41, 5.74) is 1.23. The SMILES string of the molecule is COC(=O)[C@H](CC(C)C)NC(=O)c1cccc(-n2cnc3ccccc3c2=O)c1. The number of fused-ring (bicyclic) bond motifs is 1. The molecule has 1 N–H and O–H groups in total. The Morgan fingerprint density at radius 2 is 1.90 bits per heavy atom. The minimum Gasteiger partial charge on any atom is -0.467 e. The lowest BCUT2D eigenvalue weighted by Gasteiger charge is -2.18. The molecule has 1 atom stereocenters. The van der Waals surface area contributed by atoms with Gasteiger partial charge in [-0.25, -0.2) is 9.78 Å². The Kier molecular flexibility index (Phi) is 6.07. The van der Waals surface area contributed by atoms with Crippen molar-refractivity contribution in [3.05, 3.63) is 70.8 Å². The van der Waals surface area contributed by atoms with Gasteiger partial charge < -0.3 is 10.1 Å². The van der Waals surface area contributed by atoms with Crippen molar-refractivity contribution in [3.63, 3.8) is 0 Å². The molecule has 0 aliphatic heterocycles. The van der Waals surface area contributed by atoms with Crippen molar-refractivity contribution in [1.29, 1.82) is 0 Å². The number of methoxy groups -OCH3 is 1. The summed E-state index contributed by atoms with van der Waals surface area (Å²) in [5.74, 6) is -0.698. The van der Waals surface area contributed by atoms with Gasteiger partial charge in [0.15, 0.2) is 0 Å². The molecule has 0 saturated heterocycles. The molecular formula is C22H23N3O4. The van der Waals surface area contributed by atoms with E-state index in [1.807, 2.05) is 19.9 Å². The molecule has 0 unspecified atom stereocenters. The number of amides is 1. The molecule has 29 heavy (non-hydrogen) atoms. The number of hydrogen-bond acceptors (Lipinski definition) is 5. The van der Waals surface area contributed by atoms with Crippen molar-refractivity contribution < 1.29 is 14.3 Å². The molecule has 0 aliphatic rings. The second-order valence-electron chi connectivity index (χ2n) is 7.17. The molecule has 7 heteroatoms. The molecule has 7 nitrogen and oxygen atoms in total. The highest BCUT2D eigenvalue weighted by molar-refractivity contribution is 5.97. The van der Waals surface area contributed by atoms with Gasteiger partial charge in [-0.05, 0) is 42.7 Å². The molecule has 3 rings (SSSR count). The van der Waals surface area contributed by atoms with Crippen LogP contribution >= 0.6 is 0 Å². The molecule has 0 radical (unpaired) electrons. The van der Waals surface area contributed by atoms with E-state index in [0.717, 1.165) is 0 Å². The van der Waals surface area contributed by atoms with Crippen molar-refractivity contribution in [3.8, 4) is 5.69 Å². The summed E-state index contributed by atoms with van der Waals surface area (Å²) in [4.78, 5) is 41.8. The molecule has 1 amide bonds. The van der Waals surface area contributed by atoms with Gasteiger partial charge in [0, 0.05) is 5.56 Å². The van der Waals surface area contributed by atoms with E-state index in [0.29, 0.717) is 28.6 Å². The maximum Gasteiger partial charge on any atom is 0.328 e. The molecular weight excluding hydrogens is 370 g/mol. The van der Waals surface area contributed by atoms with Crippen LogP contribution in [0.1, 0.15) is 30.6 Å². The van der Waals surface area contributed by atoms with Gasteiger partial charge in [-0.3, -0.25) is 14.2 Å².